The van der Waals surface area contributed by atoms with Crippen LogP contribution in [-0.4, -0.2) is 101 Å². The average molecular weight is 679 g/mol. The molecule has 2 aliphatic rings. The van der Waals surface area contributed by atoms with Crippen molar-refractivity contribution in [2.75, 3.05) is 63.6 Å². The fourth-order valence-electron chi connectivity index (χ4n) is 6.39. The Kier molecular flexibility index (Phi) is 8.43. The molecule has 1 atom stereocenters. The number of aromatic nitrogens is 3. The molecule has 48 heavy (non-hydrogen) atoms. The predicted octanol–water partition coefficient (Wildman–Crippen LogP) is 4.42. The molecular formula is C32H32F2N8O5S. The van der Waals surface area contributed by atoms with Crippen LogP contribution in [0.1, 0.15) is 12.8 Å². The molecule has 0 radical (unpaired) electrons. The van der Waals surface area contributed by atoms with Gasteiger partial charge in [-0.15, -0.1) is 0 Å². The van der Waals surface area contributed by atoms with Crippen molar-refractivity contribution >= 4 is 55.4 Å². The van der Waals surface area contributed by atoms with E-state index in [2.05, 4.69) is 20.2 Å². The van der Waals surface area contributed by atoms with Crippen LogP contribution in [0.25, 0.3) is 43.4 Å². The molecule has 2 amide bonds. The average Bonchev–Trinajstić information content (AvgIpc) is 3.85. The number of carbonyl (C=O) groups is 2. The summed E-state index contributed by atoms with van der Waals surface area (Å²) in [5, 5.41) is 11.6. The summed E-state index contributed by atoms with van der Waals surface area (Å²) in [6, 6.07) is 6.39. The minimum atomic E-state index is -1.28. The largest absolute Gasteiger partial charge is 0.472 e. The van der Waals surface area contributed by atoms with Crippen LogP contribution in [0.2, 0.25) is 0 Å². The summed E-state index contributed by atoms with van der Waals surface area (Å²) in [4.78, 5) is 42.9. The molecule has 0 unspecified atom stereocenters. The third kappa shape index (κ3) is 5.92. The predicted molar refractivity (Wildman–Crippen MR) is 176 cm³/mol. The second-order valence-corrected chi connectivity index (χ2v) is 12.8. The van der Waals surface area contributed by atoms with Crippen molar-refractivity contribution in [2.24, 2.45) is 0 Å². The zero-order valence-corrected chi connectivity index (χ0v) is 26.7. The Hall–Kier alpha value is -5.09. The van der Waals surface area contributed by atoms with E-state index >= 15 is 4.39 Å². The fourth-order valence-corrected chi connectivity index (χ4v) is 7.15. The number of amides is 2. The highest BCUT2D eigenvalue weighted by atomic mass is 32.1. The number of ether oxygens (including phenoxy) is 1. The van der Waals surface area contributed by atoms with Crippen molar-refractivity contribution in [3.63, 3.8) is 0 Å². The number of nitrogens with one attached hydrogen (secondary N) is 1. The number of carboxylic acid groups (broad SMARTS) is 1. The van der Waals surface area contributed by atoms with Crippen molar-refractivity contribution in [1.29, 1.82) is 0 Å². The standard InChI is InChI=1S/C32H32F2N8O5S/c1-40-7-2-3-18(40)16-47-31-38-26-21(29(39-31)42-10-8-41(9-11-42)23(43)14-36-32(44)45)13-20(17-6-12-46-15-17)24(25(26)34)19-4-5-22(33)28-27(19)37-30(35)48-28/h4-6,12-13,15,18,36H,2-3,7-11,14,16H2,1H3,(H2,35,37)(H,44,45)/t18-/m0/s1. The topological polar surface area (TPSA) is 163 Å². The first-order valence-corrected chi connectivity index (χ1v) is 16.2. The number of anilines is 2. The normalized spacial score (nSPS) is 17.0. The molecule has 0 saturated carbocycles. The molecule has 5 heterocycles. The maximum absolute atomic E-state index is 17.2. The van der Waals surface area contributed by atoms with E-state index in [1.54, 1.807) is 17.0 Å². The van der Waals surface area contributed by atoms with Crippen molar-refractivity contribution in [3.05, 3.63) is 48.4 Å². The Labute approximate surface area is 276 Å². The maximum atomic E-state index is 17.2. The summed E-state index contributed by atoms with van der Waals surface area (Å²) in [6.45, 7) is 2.21. The molecule has 0 spiro atoms. The van der Waals surface area contributed by atoms with Gasteiger partial charge in [-0.25, -0.2) is 18.6 Å². The Bertz CT molecular complexity index is 2020. The fraction of sp³-hybridized carbons (Fsp3) is 0.344. The van der Waals surface area contributed by atoms with Crippen LogP contribution in [0, 0.1) is 11.6 Å². The second kappa shape index (κ2) is 12.8. The molecule has 0 bridgehead atoms. The minimum Gasteiger partial charge on any atom is -0.472 e. The van der Waals surface area contributed by atoms with E-state index < -0.39 is 17.7 Å². The van der Waals surface area contributed by atoms with E-state index in [-0.39, 0.29) is 50.9 Å². The van der Waals surface area contributed by atoms with Gasteiger partial charge in [0.25, 0.3) is 0 Å². The summed E-state index contributed by atoms with van der Waals surface area (Å²) in [5.74, 6) is -1.12. The van der Waals surface area contributed by atoms with E-state index in [4.69, 9.17) is 25.0 Å². The van der Waals surface area contributed by atoms with Gasteiger partial charge >= 0.3 is 12.1 Å². The van der Waals surface area contributed by atoms with Crippen LogP contribution >= 0.6 is 11.3 Å². The van der Waals surface area contributed by atoms with Gasteiger partial charge in [0.2, 0.25) is 5.91 Å². The van der Waals surface area contributed by atoms with E-state index in [0.717, 1.165) is 30.7 Å². The van der Waals surface area contributed by atoms with Crippen LogP contribution in [0.5, 0.6) is 6.01 Å². The highest BCUT2D eigenvalue weighted by molar-refractivity contribution is 7.22. The number of hydrogen-bond donors (Lipinski definition) is 3. The third-order valence-electron chi connectivity index (χ3n) is 8.90. The van der Waals surface area contributed by atoms with Gasteiger partial charge in [0, 0.05) is 54.3 Å². The Morgan fingerprint density at radius 2 is 1.92 bits per heavy atom. The Balaban J connectivity index is 1.36. The molecule has 0 aliphatic carbocycles. The number of fused-ring (bicyclic) bond motifs is 2. The van der Waals surface area contributed by atoms with Gasteiger partial charge in [0.1, 0.15) is 30.3 Å². The minimum absolute atomic E-state index is 0.00172. The van der Waals surface area contributed by atoms with Crippen LogP contribution in [0.3, 0.4) is 0 Å². The summed E-state index contributed by atoms with van der Waals surface area (Å²) in [7, 11) is 2.03. The number of hydrogen-bond acceptors (Lipinski definition) is 11. The van der Waals surface area contributed by atoms with Gasteiger partial charge in [-0.05, 0) is 56.3 Å². The molecule has 5 aromatic rings. The lowest BCUT2D eigenvalue weighted by molar-refractivity contribution is -0.130. The molecule has 4 N–H and O–H groups in total. The number of piperazine rings is 1. The summed E-state index contributed by atoms with van der Waals surface area (Å²) in [5.41, 5.74) is 7.72. The Morgan fingerprint density at radius 3 is 2.62 bits per heavy atom. The maximum Gasteiger partial charge on any atom is 0.405 e. The van der Waals surface area contributed by atoms with Crippen LogP contribution in [0.4, 0.5) is 24.5 Å². The lowest BCUT2D eigenvalue weighted by Gasteiger charge is -2.36. The van der Waals surface area contributed by atoms with Crippen molar-refractivity contribution < 1.29 is 32.6 Å². The first-order chi connectivity index (χ1) is 23.2. The van der Waals surface area contributed by atoms with Gasteiger partial charge in [-0.2, -0.15) is 9.97 Å². The number of likely N-dealkylation sites (N-methyl/N-ethyl adjacent to an activating group) is 1. The van der Waals surface area contributed by atoms with Crippen molar-refractivity contribution in [2.45, 2.75) is 18.9 Å². The molecule has 7 rings (SSSR count). The van der Waals surface area contributed by atoms with E-state index in [0.29, 0.717) is 60.7 Å². The third-order valence-corrected chi connectivity index (χ3v) is 9.80. The molecular weight excluding hydrogens is 646 g/mol. The molecule has 13 nitrogen and oxygen atoms in total. The van der Waals surface area contributed by atoms with Crippen LogP contribution in [-0.2, 0) is 4.79 Å². The number of thiazole rings is 1. The van der Waals surface area contributed by atoms with Gasteiger partial charge in [0.05, 0.1) is 22.7 Å². The smallest absolute Gasteiger partial charge is 0.405 e. The molecule has 16 heteroatoms. The second-order valence-electron chi connectivity index (χ2n) is 11.8. The number of nitrogen functional groups attached to an aromatic ring is 1. The lowest BCUT2D eigenvalue weighted by Crippen LogP contribution is -2.51. The number of nitrogens with two attached hydrogens (primary N) is 1. The van der Waals surface area contributed by atoms with E-state index in [1.807, 2.05) is 11.9 Å². The van der Waals surface area contributed by atoms with Crippen molar-refractivity contribution in [3.8, 4) is 28.3 Å². The van der Waals surface area contributed by atoms with Crippen LogP contribution in [0.15, 0.2) is 41.2 Å². The Morgan fingerprint density at radius 1 is 1.10 bits per heavy atom. The molecule has 3 aromatic heterocycles. The first-order valence-electron chi connectivity index (χ1n) is 15.4. The van der Waals surface area contributed by atoms with Crippen LogP contribution < -0.4 is 20.7 Å². The number of furan rings is 1. The molecule has 2 aromatic carbocycles. The summed E-state index contributed by atoms with van der Waals surface area (Å²) >= 11 is 0.983. The molecule has 250 valence electrons. The zero-order chi connectivity index (χ0) is 33.5. The van der Waals surface area contributed by atoms with Gasteiger partial charge in [0.15, 0.2) is 10.9 Å². The number of benzene rings is 2. The van der Waals surface area contributed by atoms with Crippen molar-refractivity contribution in [1.82, 2.24) is 30.1 Å². The molecule has 2 aliphatic heterocycles. The number of likely N-dealkylation sites (tertiary alicyclic amines) is 1. The SMILES string of the molecule is CN1CCC[C@H]1COc1nc(N2CCN(C(=O)CNC(=O)O)CC2)c2cc(-c3ccoc3)c(-c3ccc(F)c4sc(N)nc34)c(F)c2n1. The number of rotatable bonds is 8. The summed E-state index contributed by atoms with van der Waals surface area (Å²) < 4.78 is 43.8. The van der Waals surface area contributed by atoms with Gasteiger partial charge in [-0.3, -0.25) is 4.79 Å². The highest BCUT2D eigenvalue weighted by Crippen LogP contribution is 2.44. The number of nitrogens with zero attached hydrogens (tertiary/aromatic N) is 6. The van der Waals surface area contributed by atoms with E-state index in [9.17, 15) is 14.0 Å². The lowest BCUT2D eigenvalue weighted by atomic mass is 9.92. The first kappa shape index (κ1) is 31.5. The monoisotopic (exact) mass is 678 g/mol. The van der Waals surface area contributed by atoms with Gasteiger partial charge < -0.3 is 40.0 Å². The number of halogens is 2. The quantitative estimate of drug-likeness (QED) is 0.213. The number of carbonyl (C=O) groups excluding carboxylic acids is 1. The zero-order valence-electron chi connectivity index (χ0n) is 25.9. The highest BCUT2D eigenvalue weighted by Gasteiger charge is 2.29. The molecule has 2 saturated heterocycles. The van der Waals surface area contributed by atoms with Gasteiger partial charge in [-0.1, -0.05) is 11.3 Å². The summed E-state index contributed by atoms with van der Waals surface area (Å²) in [6.07, 6.45) is 3.69. The van der Waals surface area contributed by atoms with E-state index in [1.165, 1.54) is 24.7 Å². The molecule has 2 fully saturated rings.